The molecule has 0 aromatic heterocycles. The average Bonchev–Trinajstić information content (AvgIpc) is 2.73. The highest BCUT2D eigenvalue weighted by atomic mass is 35.5. The van der Waals surface area contributed by atoms with E-state index in [2.05, 4.69) is 15.8 Å². The molecule has 0 radical (unpaired) electrons. The van der Waals surface area contributed by atoms with Crippen molar-refractivity contribution in [3.05, 3.63) is 93.5 Å². The maximum atomic E-state index is 12.2. The summed E-state index contributed by atoms with van der Waals surface area (Å²) in [7, 11) is 0. The van der Waals surface area contributed by atoms with Gasteiger partial charge in [-0.3, -0.25) is 9.59 Å². The summed E-state index contributed by atoms with van der Waals surface area (Å²) in [5.74, 6) is 0.0922. The van der Waals surface area contributed by atoms with E-state index in [-0.39, 0.29) is 11.8 Å². The molecule has 0 unspecified atom stereocenters. The zero-order valence-electron chi connectivity index (χ0n) is 16.6. The zero-order chi connectivity index (χ0) is 22.2. The monoisotopic (exact) mass is 455 g/mol. The molecule has 0 heterocycles. The van der Waals surface area contributed by atoms with Gasteiger partial charge in [0.1, 0.15) is 12.4 Å². The van der Waals surface area contributed by atoms with Crippen LogP contribution in [0.15, 0.2) is 71.8 Å². The molecule has 0 aliphatic heterocycles. The van der Waals surface area contributed by atoms with Gasteiger partial charge in [-0.2, -0.15) is 5.10 Å². The van der Waals surface area contributed by atoms with Crippen molar-refractivity contribution in [2.24, 2.45) is 5.10 Å². The maximum Gasteiger partial charge on any atom is 0.271 e. The number of nitrogens with zero attached hydrogens (tertiary/aromatic N) is 1. The molecule has 8 heteroatoms. The third kappa shape index (κ3) is 6.84. The minimum Gasteiger partial charge on any atom is -0.489 e. The van der Waals surface area contributed by atoms with E-state index in [1.54, 1.807) is 42.5 Å². The van der Waals surface area contributed by atoms with Crippen molar-refractivity contribution >= 4 is 46.9 Å². The molecule has 0 bridgehead atoms. The first kappa shape index (κ1) is 22.3. The molecule has 0 aliphatic carbocycles. The number of rotatable bonds is 7. The molecule has 0 spiro atoms. The SMILES string of the molecule is CC(=O)Nc1ccc(C(=O)N/N=C\c2cccc(OCc3ccc(Cl)cc3Cl)c2)cc1. The molecule has 2 N–H and O–H groups in total. The van der Waals surface area contributed by atoms with Crippen LogP contribution in [0.25, 0.3) is 0 Å². The lowest BCUT2D eigenvalue weighted by Crippen LogP contribution is -2.17. The number of hydrazone groups is 1. The van der Waals surface area contributed by atoms with E-state index in [0.29, 0.717) is 33.7 Å². The molecule has 0 saturated carbocycles. The summed E-state index contributed by atoms with van der Waals surface area (Å²) in [6, 6.07) is 19.0. The molecule has 3 rings (SSSR count). The first-order chi connectivity index (χ1) is 14.9. The fourth-order valence-corrected chi connectivity index (χ4v) is 3.09. The Bertz CT molecular complexity index is 1120. The third-order valence-electron chi connectivity index (χ3n) is 4.11. The van der Waals surface area contributed by atoms with Crippen LogP contribution >= 0.6 is 23.2 Å². The second kappa shape index (κ2) is 10.6. The zero-order valence-corrected chi connectivity index (χ0v) is 18.1. The van der Waals surface area contributed by atoms with Gasteiger partial charge in [-0.15, -0.1) is 0 Å². The van der Waals surface area contributed by atoms with Crippen LogP contribution < -0.4 is 15.5 Å². The van der Waals surface area contributed by atoms with Crippen molar-refractivity contribution in [1.29, 1.82) is 0 Å². The number of anilines is 1. The second-order valence-electron chi connectivity index (χ2n) is 6.55. The minimum absolute atomic E-state index is 0.177. The predicted octanol–water partition coefficient (Wildman–Crippen LogP) is 5.29. The number of carbonyl (C=O) groups is 2. The van der Waals surface area contributed by atoms with Crippen LogP contribution in [0.2, 0.25) is 10.0 Å². The van der Waals surface area contributed by atoms with Gasteiger partial charge in [0, 0.05) is 33.8 Å². The molecule has 3 aromatic carbocycles. The van der Waals surface area contributed by atoms with Gasteiger partial charge < -0.3 is 10.1 Å². The van der Waals surface area contributed by atoms with Crippen LogP contribution in [0, 0.1) is 0 Å². The second-order valence-corrected chi connectivity index (χ2v) is 7.40. The molecule has 158 valence electrons. The molecular formula is C23H19Cl2N3O3. The standard InChI is InChI=1S/C23H19Cl2N3O3/c1-15(29)27-20-9-6-17(7-10-20)23(30)28-26-13-16-3-2-4-21(11-16)31-14-18-5-8-19(24)12-22(18)25/h2-13H,14H2,1H3,(H,27,29)(H,28,30)/b26-13-. The molecule has 0 aliphatic rings. The Morgan fingerprint density at radius 2 is 1.81 bits per heavy atom. The fourth-order valence-electron chi connectivity index (χ4n) is 2.62. The normalized spacial score (nSPS) is 10.7. The first-order valence-corrected chi connectivity index (χ1v) is 10.0. The lowest BCUT2D eigenvalue weighted by atomic mass is 10.2. The van der Waals surface area contributed by atoms with Crippen LogP contribution in [0.3, 0.4) is 0 Å². The smallest absolute Gasteiger partial charge is 0.271 e. The first-order valence-electron chi connectivity index (χ1n) is 9.28. The molecule has 0 atom stereocenters. The van der Waals surface area contributed by atoms with Gasteiger partial charge in [0.25, 0.3) is 5.91 Å². The van der Waals surface area contributed by atoms with Gasteiger partial charge in [0.2, 0.25) is 5.91 Å². The topological polar surface area (TPSA) is 79.8 Å². The summed E-state index contributed by atoms with van der Waals surface area (Å²) in [6.45, 7) is 1.71. The van der Waals surface area contributed by atoms with Crippen LogP contribution in [0.4, 0.5) is 5.69 Å². The highest BCUT2D eigenvalue weighted by Crippen LogP contribution is 2.23. The number of hydrogen-bond acceptors (Lipinski definition) is 4. The summed E-state index contributed by atoms with van der Waals surface area (Å²) in [6.07, 6.45) is 1.52. The van der Waals surface area contributed by atoms with Crippen molar-refractivity contribution in [2.45, 2.75) is 13.5 Å². The highest BCUT2D eigenvalue weighted by Gasteiger charge is 2.05. The Labute approximate surface area is 189 Å². The third-order valence-corrected chi connectivity index (χ3v) is 4.70. The highest BCUT2D eigenvalue weighted by molar-refractivity contribution is 6.35. The Kier molecular flexibility index (Phi) is 7.65. The lowest BCUT2D eigenvalue weighted by molar-refractivity contribution is -0.114. The quantitative estimate of drug-likeness (QED) is 0.374. The van der Waals surface area contributed by atoms with E-state index in [9.17, 15) is 9.59 Å². The Morgan fingerprint density at radius 3 is 2.52 bits per heavy atom. The number of nitrogens with one attached hydrogen (secondary N) is 2. The molecule has 6 nitrogen and oxygen atoms in total. The predicted molar refractivity (Wildman–Crippen MR) is 123 cm³/mol. The van der Waals surface area contributed by atoms with Crippen LogP contribution in [-0.4, -0.2) is 18.0 Å². The van der Waals surface area contributed by atoms with E-state index in [0.717, 1.165) is 11.1 Å². The molecule has 2 amide bonds. The van der Waals surface area contributed by atoms with Crippen molar-refractivity contribution < 1.29 is 14.3 Å². The van der Waals surface area contributed by atoms with Crippen molar-refractivity contribution in [2.75, 3.05) is 5.32 Å². The molecule has 0 fully saturated rings. The number of amides is 2. The van der Waals surface area contributed by atoms with Crippen molar-refractivity contribution in [3.63, 3.8) is 0 Å². The summed E-state index contributed by atoms with van der Waals surface area (Å²) < 4.78 is 5.78. The Balaban J connectivity index is 1.56. The lowest BCUT2D eigenvalue weighted by Gasteiger charge is -2.08. The van der Waals surface area contributed by atoms with Gasteiger partial charge >= 0.3 is 0 Å². The number of ether oxygens (including phenoxy) is 1. The fraction of sp³-hybridized carbons (Fsp3) is 0.0870. The van der Waals surface area contributed by atoms with Crippen LogP contribution in [0.1, 0.15) is 28.4 Å². The summed E-state index contributed by atoms with van der Waals surface area (Å²) in [5.41, 5.74) is 5.08. The van der Waals surface area contributed by atoms with Crippen molar-refractivity contribution in [3.8, 4) is 5.75 Å². The average molecular weight is 456 g/mol. The Morgan fingerprint density at radius 1 is 1.03 bits per heavy atom. The Hall–Kier alpha value is -3.35. The van der Waals surface area contributed by atoms with E-state index < -0.39 is 0 Å². The minimum atomic E-state index is -0.365. The molecule has 31 heavy (non-hydrogen) atoms. The number of benzene rings is 3. The molecule has 0 saturated heterocycles. The van der Waals surface area contributed by atoms with Gasteiger partial charge in [0.15, 0.2) is 0 Å². The van der Waals surface area contributed by atoms with Gasteiger partial charge in [-0.05, 0) is 54.1 Å². The number of hydrogen-bond donors (Lipinski definition) is 2. The van der Waals surface area contributed by atoms with Gasteiger partial charge in [0.05, 0.1) is 6.21 Å². The number of halogens is 2. The van der Waals surface area contributed by atoms with E-state index >= 15 is 0 Å². The van der Waals surface area contributed by atoms with Crippen LogP contribution in [0.5, 0.6) is 5.75 Å². The van der Waals surface area contributed by atoms with Gasteiger partial charge in [-0.1, -0.05) is 41.4 Å². The van der Waals surface area contributed by atoms with Crippen LogP contribution in [-0.2, 0) is 11.4 Å². The maximum absolute atomic E-state index is 12.2. The van der Waals surface area contributed by atoms with E-state index in [1.165, 1.54) is 13.1 Å². The number of carbonyl (C=O) groups excluding carboxylic acids is 2. The van der Waals surface area contributed by atoms with Crippen molar-refractivity contribution in [1.82, 2.24) is 5.43 Å². The summed E-state index contributed by atoms with van der Waals surface area (Å²) in [4.78, 5) is 23.2. The summed E-state index contributed by atoms with van der Waals surface area (Å²) >= 11 is 12.1. The summed E-state index contributed by atoms with van der Waals surface area (Å²) in [5, 5.41) is 7.74. The molecular weight excluding hydrogens is 437 g/mol. The molecule has 3 aromatic rings. The van der Waals surface area contributed by atoms with E-state index in [4.69, 9.17) is 27.9 Å². The van der Waals surface area contributed by atoms with Gasteiger partial charge in [-0.25, -0.2) is 5.43 Å². The largest absolute Gasteiger partial charge is 0.489 e. The van der Waals surface area contributed by atoms with E-state index in [1.807, 2.05) is 24.3 Å².